The van der Waals surface area contributed by atoms with Gasteiger partial charge in [0, 0.05) is 12.6 Å². The average Bonchev–Trinajstić information content (AvgIpc) is 2.67. The van der Waals surface area contributed by atoms with Crippen LogP contribution in [-0.2, 0) is 11.3 Å². The number of carbonyl (C=O) groups excluding carboxylic acids is 1. The van der Waals surface area contributed by atoms with Crippen LogP contribution in [0.25, 0.3) is 0 Å². The maximum atomic E-state index is 12.1. The molecule has 102 valence electrons. The van der Waals surface area contributed by atoms with E-state index in [1.165, 1.54) is 0 Å². The van der Waals surface area contributed by atoms with Gasteiger partial charge >= 0.3 is 0 Å². The molecule has 0 radical (unpaired) electrons. The molecule has 0 saturated heterocycles. The van der Waals surface area contributed by atoms with Crippen molar-refractivity contribution >= 4 is 5.91 Å². The summed E-state index contributed by atoms with van der Waals surface area (Å²) < 4.78 is 5.09. The van der Waals surface area contributed by atoms with E-state index in [4.69, 9.17) is 10.3 Å². The number of rotatable bonds is 5. The predicted molar refractivity (Wildman–Crippen MR) is 69.9 cm³/mol. The van der Waals surface area contributed by atoms with E-state index >= 15 is 0 Å². The minimum atomic E-state index is -0.444. The number of carbonyl (C=O) groups is 1. The second kappa shape index (κ2) is 6.00. The standard InChI is InChI=1S/C13H23N3O2/c1-6-8(2)12(14)13(17)16(5)7-11-9(3)15-18-10(11)4/h8,12H,6-7,14H2,1-5H3/t8?,12-/m0/s1. The van der Waals surface area contributed by atoms with E-state index in [0.717, 1.165) is 23.4 Å². The number of hydrogen-bond acceptors (Lipinski definition) is 4. The summed E-state index contributed by atoms with van der Waals surface area (Å²) >= 11 is 0. The van der Waals surface area contributed by atoms with Crippen molar-refractivity contribution in [2.24, 2.45) is 11.7 Å². The Balaban J connectivity index is 2.71. The minimum Gasteiger partial charge on any atom is -0.361 e. The molecule has 18 heavy (non-hydrogen) atoms. The molecule has 2 atom stereocenters. The van der Waals surface area contributed by atoms with Gasteiger partial charge in [-0.15, -0.1) is 0 Å². The Morgan fingerprint density at radius 3 is 2.56 bits per heavy atom. The molecule has 0 bridgehead atoms. The molecule has 1 amide bonds. The molecule has 0 saturated carbocycles. The third-order valence-electron chi connectivity index (χ3n) is 3.49. The zero-order valence-corrected chi connectivity index (χ0v) is 11.9. The van der Waals surface area contributed by atoms with Gasteiger partial charge in [-0.2, -0.15) is 0 Å². The van der Waals surface area contributed by atoms with Crippen molar-refractivity contribution in [1.82, 2.24) is 10.1 Å². The van der Waals surface area contributed by atoms with Gasteiger partial charge in [-0.25, -0.2) is 0 Å². The van der Waals surface area contributed by atoms with Gasteiger partial charge in [-0.3, -0.25) is 4.79 Å². The zero-order valence-electron chi connectivity index (χ0n) is 11.9. The van der Waals surface area contributed by atoms with Crippen molar-refractivity contribution < 1.29 is 9.32 Å². The quantitative estimate of drug-likeness (QED) is 0.865. The molecular formula is C13H23N3O2. The Hall–Kier alpha value is -1.36. The molecule has 0 aliphatic carbocycles. The van der Waals surface area contributed by atoms with Crippen LogP contribution in [0.15, 0.2) is 4.52 Å². The van der Waals surface area contributed by atoms with Gasteiger partial charge in [0.1, 0.15) is 5.76 Å². The summed E-state index contributed by atoms with van der Waals surface area (Å²) in [5, 5.41) is 3.88. The average molecular weight is 253 g/mol. The smallest absolute Gasteiger partial charge is 0.239 e. The third kappa shape index (κ3) is 3.10. The third-order valence-corrected chi connectivity index (χ3v) is 3.49. The Bertz CT molecular complexity index is 395. The normalized spacial score (nSPS) is 14.3. The second-order valence-corrected chi connectivity index (χ2v) is 4.91. The molecule has 1 unspecified atom stereocenters. The maximum Gasteiger partial charge on any atom is 0.239 e. The summed E-state index contributed by atoms with van der Waals surface area (Å²) in [7, 11) is 1.76. The summed E-state index contributed by atoms with van der Waals surface area (Å²) in [5.74, 6) is 0.901. The fourth-order valence-electron chi connectivity index (χ4n) is 1.79. The van der Waals surface area contributed by atoms with Crippen LogP contribution in [0.4, 0.5) is 0 Å². The number of nitrogens with zero attached hydrogens (tertiary/aromatic N) is 2. The van der Waals surface area contributed by atoms with Crippen LogP contribution in [-0.4, -0.2) is 29.1 Å². The molecule has 0 aliphatic heterocycles. The summed E-state index contributed by atoms with van der Waals surface area (Å²) in [6, 6.07) is -0.444. The van der Waals surface area contributed by atoms with Crippen LogP contribution in [0.1, 0.15) is 37.3 Å². The lowest BCUT2D eigenvalue weighted by molar-refractivity contribution is -0.132. The number of nitrogens with two attached hydrogens (primary N) is 1. The Morgan fingerprint density at radius 1 is 1.50 bits per heavy atom. The van der Waals surface area contributed by atoms with Gasteiger partial charge in [0.15, 0.2) is 0 Å². The molecule has 1 rings (SSSR count). The van der Waals surface area contributed by atoms with Crippen LogP contribution < -0.4 is 5.73 Å². The topological polar surface area (TPSA) is 72.4 Å². The van der Waals surface area contributed by atoms with Gasteiger partial charge in [0.2, 0.25) is 5.91 Å². The van der Waals surface area contributed by atoms with Crippen molar-refractivity contribution in [1.29, 1.82) is 0 Å². The first-order valence-corrected chi connectivity index (χ1v) is 6.30. The molecule has 5 heteroatoms. The number of aromatic nitrogens is 1. The molecule has 1 aromatic rings. The summed E-state index contributed by atoms with van der Waals surface area (Å²) in [6.45, 7) is 8.24. The largest absolute Gasteiger partial charge is 0.361 e. The van der Waals surface area contributed by atoms with E-state index in [0.29, 0.717) is 6.54 Å². The summed E-state index contributed by atoms with van der Waals surface area (Å²) in [6.07, 6.45) is 0.895. The van der Waals surface area contributed by atoms with E-state index in [-0.39, 0.29) is 11.8 Å². The minimum absolute atomic E-state index is 0.0376. The Kier molecular flexibility index (Phi) is 4.90. The molecule has 0 spiro atoms. The van der Waals surface area contributed by atoms with Crippen molar-refractivity contribution in [3.8, 4) is 0 Å². The number of amides is 1. The Labute approximate surface area is 108 Å². The maximum absolute atomic E-state index is 12.1. The zero-order chi connectivity index (χ0) is 13.9. The fraction of sp³-hybridized carbons (Fsp3) is 0.692. The van der Waals surface area contributed by atoms with Gasteiger partial charge in [0.05, 0.1) is 18.3 Å². The lowest BCUT2D eigenvalue weighted by atomic mass is 9.99. The highest BCUT2D eigenvalue weighted by molar-refractivity contribution is 5.81. The summed E-state index contributed by atoms with van der Waals surface area (Å²) in [4.78, 5) is 13.8. The molecule has 1 heterocycles. The van der Waals surface area contributed by atoms with Crippen molar-refractivity contribution in [3.63, 3.8) is 0 Å². The molecule has 1 aromatic heterocycles. The first-order valence-electron chi connectivity index (χ1n) is 6.30. The van der Waals surface area contributed by atoms with Crippen molar-refractivity contribution in [2.45, 2.75) is 46.7 Å². The van der Waals surface area contributed by atoms with Crippen molar-refractivity contribution in [2.75, 3.05) is 7.05 Å². The van der Waals surface area contributed by atoms with Crippen LogP contribution in [0.5, 0.6) is 0 Å². The lowest BCUT2D eigenvalue weighted by Crippen LogP contribution is -2.45. The first kappa shape index (κ1) is 14.7. The van der Waals surface area contributed by atoms with Gasteiger partial charge in [-0.1, -0.05) is 25.4 Å². The highest BCUT2D eigenvalue weighted by atomic mass is 16.5. The molecule has 2 N–H and O–H groups in total. The monoisotopic (exact) mass is 253 g/mol. The lowest BCUT2D eigenvalue weighted by Gasteiger charge is -2.24. The highest BCUT2D eigenvalue weighted by Crippen LogP contribution is 2.16. The van der Waals surface area contributed by atoms with E-state index in [2.05, 4.69) is 5.16 Å². The number of aryl methyl sites for hydroxylation is 2. The van der Waals surface area contributed by atoms with Crippen LogP contribution in [0.3, 0.4) is 0 Å². The highest BCUT2D eigenvalue weighted by Gasteiger charge is 2.24. The molecular weight excluding hydrogens is 230 g/mol. The van der Waals surface area contributed by atoms with E-state index in [1.807, 2.05) is 27.7 Å². The van der Waals surface area contributed by atoms with Crippen LogP contribution in [0.2, 0.25) is 0 Å². The Morgan fingerprint density at radius 2 is 2.11 bits per heavy atom. The van der Waals surface area contributed by atoms with Crippen molar-refractivity contribution in [3.05, 3.63) is 17.0 Å². The van der Waals surface area contributed by atoms with Gasteiger partial charge < -0.3 is 15.2 Å². The van der Waals surface area contributed by atoms with Crippen LogP contribution in [0, 0.1) is 19.8 Å². The van der Waals surface area contributed by atoms with E-state index in [9.17, 15) is 4.79 Å². The SMILES string of the molecule is CCC(C)[C@H](N)C(=O)N(C)Cc1c(C)noc1C. The number of likely N-dealkylation sites (N-methyl/N-ethyl adjacent to an activating group) is 1. The van der Waals surface area contributed by atoms with E-state index < -0.39 is 6.04 Å². The van der Waals surface area contributed by atoms with Gasteiger partial charge in [0.25, 0.3) is 0 Å². The molecule has 0 aliphatic rings. The summed E-state index contributed by atoms with van der Waals surface area (Å²) in [5.41, 5.74) is 7.73. The molecule has 0 aromatic carbocycles. The molecule has 5 nitrogen and oxygen atoms in total. The first-order chi connectivity index (χ1) is 8.38. The predicted octanol–water partition coefficient (Wildman–Crippen LogP) is 1.62. The fourth-order valence-corrected chi connectivity index (χ4v) is 1.79. The second-order valence-electron chi connectivity index (χ2n) is 4.91. The molecule has 0 fully saturated rings. The van der Waals surface area contributed by atoms with Gasteiger partial charge in [-0.05, 0) is 19.8 Å². The van der Waals surface area contributed by atoms with Crippen LogP contribution >= 0.6 is 0 Å². The number of hydrogen-bond donors (Lipinski definition) is 1. The van der Waals surface area contributed by atoms with E-state index in [1.54, 1.807) is 11.9 Å².